The molecular formula is C27H27Cl2N3O4. The van der Waals surface area contributed by atoms with Crippen molar-refractivity contribution in [1.82, 2.24) is 10.2 Å². The Bertz CT molecular complexity index is 1220. The number of hydrogen-bond donors (Lipinski definition) is 1. The third-order valence-electron chi connectivity index (χ3n) is 5.71. The Labute approximate surface area is 220 Å². The first kappa shape index (κ1) is 27.2. The van der Waals surface area contributed by atoms with Crippen molar-refractivity contribution in [3.05, 3.63) is 110 Å². The number of hydrogen-bond acceptors (Lipinski definition) is 4. The summed E-state index contributed by atoms with van der Waals surface area (Å²) in [6, 6.07) is 19.6. The van der Waals surface area contributed by atoms with E-state index in [-0.39, 0.29) is 36.5 Å². The summed E-state index contributed by atoms with van der Waals surface area (Å²) in [6.45, 7) is 2.43. The Balaban J connectivity index is 2.02. The lowest BCUT2D eigenvalue weighted by atomic mass is 10.0. The highest BCUT2D eigenvalue weighted by Crippen LogP contribution is 2.26. The Morgan fingerprint density at radius 2 is 1.69 bits per heavy atom. The lowest BCUT2D eigenvalue weighted by Crippen LogP contribution is -2.51. The number of para-hydroxylation sites is 1. The van der Waals surface area contributed by atoms with E-state index in [0.717, 1.165) is 12.0 Å². The van der Waals surface area contributed by atoms with Gasteiger partial charge in [-0.1, -0.05) is 84.7 Å². The van der Waals surface area contributed by atoms with Gasteiger partial charge in [0.15, 0.2) is 0 Å². The highest BCUT2D eigenvalue weighted by Gasteiger charge is 2.31. The first-order chi connectivity index (χ1) is 17.3. The minimum absolute atomic E-state index is 0.0342. The van der Waals surface area contributed by atoms with Crippen molar-refractivity contribution < 1.29 is 14.5 Å². The quantitative estimate of drug-likeness (QED) is 0.259. The average Bonchev–Trinajstić information content (AvgIpc) is 2.86. The van der Waals surface area contributed by atoms with Crippen molar-refractivity contribution in [2.45, 2.75) is 38.8 Å². The second-order valence-corrected chi connectivity index (χ2v) is 9.16. The largest absolute Gasteiger partial charge is 0.354 e. The number of carbonyl (C=O) groups is 2. The molecule has 0 radical (unpaired) electrons. The molecule has 9 heteroatoms. The summed E-state index contributed by atoms with van der Waals surface area (Å²) >= 11 is 12.5. The van der Waals surface area contributed by atoms with Crippen molar-refractivity contribution in [3.63, 3.8) is 0 Å². The molecule has 0 heterocycles. The zero-order valence-corrected chi connectivity index (χ0v) is 21.3. The van der Waals surface area contributed by atoms with Gasteiger partial charge in [-0.05, 0) is 29.7 Å². The van der Waals surface area contributed by atoms with Gasteiger partial charge in [-0.3, -0.25) is 19.7 Å². The summed E-state index contributed by atoms with van der Waals surface area (Å²) in [4.78, 5) is 39.5. The minimum atomic E-state index is -0.860. The smallest absolute Gasteiger partial charge is 0.273 e. The van der Waals surface area contributed by atoms with Crippen molar-refractivity contribution in [1.29, 1.82) is 0 Å². The maximum atomic E-state index is 13.7. The molecule has 1 N–H and O–H groups in total. The molecule has 3 rings (SSSR count). The molecule has 0 aliphatic rings. The van der Waals surface area contributed by atoms with Crippen LogP contribution in [-0.2, 0) is 29.0 Å². The molecule has 0 aliphatic carbocycles. The number of carbonyl (C=O) groups excluding carboxylic acids is 2. The number of nitro benzene ring substituents is 1. The molecule has 188 valence electrons. The maximum absolute atomic E-state index is 13.7. The Hall–Kier alpha value is -3.42. The van der Waals surface area contributed by atoms with Crippen LogP contribution in [-0.4, -0.2) is 34.2 Å². The standard InChI is InChI=1S/C27H27Cl2N3O4/c1-2-14-30-27(34)25(15-19-8-4-3-5-9-19)31(18-21-12-13-22(28)17-23(21)29)26(33)16-20-10-6-7-11-24(20)32(35)36/h3-13,17,25H,2,14-16,18H2,1H3,(H,30,34). The average molecular weight is 528 g/mol. The van der Waals surface area contributed by atoms with E-state index in [4.69, 9.17) is 23.2 Å². The minimum Gasteiger partial charge on any atom is -0.354 e. The summed E-state index contributed by atoms with van der Waals surface area (Å²) in [6.07, 6.45) is 0.760. The molecule has 0 spiro atoms. The van der Waals surface area contributed by atoms with Gasteiger partial charge < -0.3 is 10.2 Å². The van der Waals surface area contributed by atoms with Gasteiger partial charge in [-0.15, -0.1) is 0 Å². The summed E-state index contributed by atoms with van der Waals surface area (Å²) in [7, 11) is 0. The van der Waals surface area contributed by atoms with Crippen molar-refractivity contribution >= 4 is 40.7 Å². The fraction of sp³-hybridized carbons (Fsp3) is 0.259. The summed E-state index contributed by atoms with van der Waals surface area (Å²) in [5.74, 6) is -0.732. The topological polar surface area (TPSA) is 92.6 Å². The molecule has 2 amide bonds. The third kappa shape index (κ3) is 7.29. The van der Waals surface area contributed by atoms with Gasteiger partial charge in [-0.2, -0.15) is 0 Å². The van der Waals surface area contributed by atoms with Crippen molar-refractivity contribution in [2.24, 2.45) is 0 Å². The first-order valence-electron chi connectivity index (χ1n) is 11.6. The molecule has 3 aromatic rings. The van der Waals surface area contributed by atoms with E-state index in [1.165, 1.54) is 11.0 Å². The molecule has 0 aromatic heterocycles. The zero-order valence-electron chi connectivity index (χ0n) is 19.8. The fourth-order valence-corrected chi connectivity index (χ4v) is 4.32. The maximum Gasteiger partial charge on any atom is 0.273 e. The lowest BCUT2D eigenvalue weighted by molar-refractivity contribution is -0.385. The predicted molar refractivity (Wildman–Crippen MR) is 141 cm³/mol. The number of rotatable bonds is 11. The molecule has 0 bridgehead atoms. The van der Waals surface area contributed by atoms with E-state index in [1.807, 2.05) is 37.3 Å². The molecule has 0 saturated carbocycles. The van der Waals surface area contributed by atoms with Gasteiger partial charge in [0.05, 0.1) is 11.3 Å². The Kier molecular flexibility index (Phi) is 9.85. The van der Waals surface area contributed by atoms with Gasteiger partial charge in [0.1, 0.15) is 6.04 Å². The lowest BCUT2D eigenvalue weighted by Gasteiger charge is -2.32. The van der Waals surface area contributed by atoms with E-state index >= 15 is 0 Å². The Morgan fingerprint density at radius 3 is 2.36 bits per heavy atom. The van der Waals surface area contributed by atoms with Crippen molar-refractivity contribution in [3.8, 4) is 0 Å². The summed E-state index contributed by atoms with van der Waals surface area (Å²) in [5, 5.41) is 15.2. The fourth-order valence-electron chi connectivity index (χ4n) is 3.86. The van der Waals surface area contributed by atoms with Crippen LogP contribution < -0.4 is 5.32 Å². The van der Waals surface area contributed by atoms with Gasteiger partial charge in [0.2, 0.25) is 11.8 Å². The number of nitro groups is 1. The number of nitrogens with zero attached hydrogens (tertiary/aromatic N) is 2. The second-order valence-electron chi connectivity index (χ2n) is 8.32. The molecule has 1 unspecified atom stereocenters. The van der Waals surface area contributed by atoms with E-state index < -0.39 is 16.9 Å². The van der Waals surface area contributed by atoms with Gasteiger partial charge >= 0.3 is 0 Å². The molecule has 1 atom stereocenters. The highest BCUT2D eigenvalue weighted by molar-refractivity contribution is 6.35. The molecule has 0 fully saturated rings. The molecule has 0 saturated heterocycles. The Morgan fingerprint density at radius 1 is 1.00 bits per heavy atom. The SMILES string of the molecule is CCCNC(=O)C(Cc1ccccc1)N(Cc1ccc(Cl)cc1Cl)C(=O)Cc1ccccc1[N+](=O)[O-]. The van der Waals surface area contributed by atoms with E-state index in [2.05, 4.69) is 5.32 Å². The number of benzene rings is 3. The van der Waals surface area contributed by atoms with Crippen LogP contribution >= 0.6 is 23.2 Å². The van der Waals surface area contributed by atoms with Crippen molar-refractivity contribution in [2.75, 3.05) is 6.54 Å². The second kappa shape index (κ2) is 13.0. The summed E-state index contributed by atoms with van der Waals surface area (Å²) in [5.41, 5.74) is 1.61. The molecule has 7 nitrogen and oxygen atoms in total. The number of halogens is 2. The molecule has 3 aromatic carbocycles. The number of nitrogens with one attached hydrogen (secondary N) is 1. The predicted octanol–water partition coefficient (Wildman–Crippen LogP) is 5.61. The van der Waals surface area contributed by atoms with Crippen LogP contribution in [0.1, 0.15) is 30.0 Å². The van der Waals surface area contributed by atoms with E-state index in [1.54, 1.807) is 36.4 Å². The molecular weight excluding hydrogens is 501 g/mol. The van der Waals surface area contributed by atoms with Gasteiger partial charge in [-0.25, -0.2) is 0 Å². The van der Waals surface area contributed by atoms with E-state index in [9.17, 15) is 19.7 Å². The van der Waals surface area contributed by atoms with Crippen LogP contribution in [0.3, 0.4) is 0 Å². The van der Waals surface area contributed by atoms with Crippen LogP contribution in [0.15, 0.2) is 72.8 Å². The van der Waals surface area contributed by atoms with Crippen LogP contribution in [0.25, 0.3) is 0 Å². The number of amides is 2. The van der Waals surface area contributed by atoms with Crippen LogP contribution in [0.5, 0.6) is 0 Å². The van der Waals surface area contributed by atoms with Gasteiger partial charge in [0, 0.05) is 41.2 Å². The van der Waals surface area contributed by atoms with Crippen LogP contribution in [0.4, 0.5) is 5.69 Å². The zero-order chi connectivity index (χ0) is 26.1. The monoisotopic (exact) mass is 527 g/mol. The highest BCUT2D eigenvalue weighted by atomic mass is 35.5. The van der Waals surface area contributed by atoms with E-state index in [0.29, 0.717) is 22.2 Å². The normalized spacial score (nSPS) is 11.5. The first-order valence-corrected chi connectivity index (χ1v) is 12.3. The van der Waals surface area contributed by atoms with Crippen LogP contribution in [0, 0.1) is 10.1 Å². The summed E-state index contributed by atoms with van der Waals surface area (Å²) < 4.78 is 0. The molecule has 0 aliphatic heterocycles. The van der Waals surface area contributed by atoms with Gasteiger partial charge in [0.25, 0.3) is 5.69 Å². The third-order valence-corrected chi connectivity index (χ3v) is 6.29. The van der Waals surface area contributed by atoms with Crippen LogP contribution in [0.2, 0.25) is 10.0 Å². The molecule has 36 heavy (non-hydrogen) atoms.